The fraction of sp³-hybridized carbons (Fsp3) is 0.833. The molecular formula is C18H31B2NO4. The molecule has 5 nitrogen and oxygen atoms in total. The van der Waals surface area contributed by atoms with Crippen LogP contribution in [0.15, 0.2) is 11.4 Å². The molecule has 0 aliphatic carbocycles. The van der Waals surface area contributed by atoms with Gasteiger partial charge in [-0.2, -0.15) is 5.26 Å². The van der Waals surface area contributed by atoms with E-state index in [-0.39, 0.29) is 0 Å². The Morgan fingerprint density at radius 2 is 1.16 bits per heavy atom. The first-order valence-corrected chi connectivity index (χ1v) is 9.11. The number of hydrogen-bond acceptors (Lipinski definition) is 5. The Morgan fingerprint density at radius 1 is 0.800 bits per heavy atom. The number of allylic oxidation sites excluding steroid dienone is 1. The van der Waals surface area contributed by atoms with Gasteiger partial charge in [-0.3, -0.25) is 0 Å². The van der Waals surface area contributed by atoms with Gasteiger partial charge >= 0.3 is 14.2 Å². The minimum Gasteiger partial charge on any atom is -0.400 e. The molecule has 0 spiro atoms. The maximum absolute atomic E-state index is 8.76. The van der Waals surface area contributed by atoms with Crippen LogP contribution in [0.5, 0.6) is 0 Å². The van der Waals surface area contributed by atoms with Crippen molar-refractivity contribution in [2.45, 2.75) is 97.1 Å². The van der Waals surface area contributed by atoms with Crippen LogP contribution in [0.2, 0.25) is 0 Å². The first-order chi connectivity index (χ1) is 11.3. The highest BCUT2D eigenvalue weighted by molar-refractivity contribution is 6.78. The zero-order valence-electron chi connectivity index (χ0n) is 16.9. The van der Waals surface area contributed by atoms with Gasteiger partial charge in [0, 0.05) is 6.42 Å². The van der Waals surface area contributed by atoms with Crippen molar-refractivity contribution in [1.29, 1.82) is 5.26 Å². The summed E-state index contributed by atoms with van der Waals surface area (Å²) in [6.45, 7) is 16.3. The van der Waals surface area contributed by atoms with Crippen molar-refractivity contribution in [1.82, 2.24) is 0 Å². The number of nitrogens with zero attached hydrogens (tertiary/aromatic N) is 1. The second-order valence-corrected chi connectivity index (χ2v) is 8.93. The lowest BCUT2D eigenvalue weighted by molar-refractivity contribution is 0.00578. The van der Waals surface area contributed by atoms with Gasteiger partial charge in [-0.1, -0.05) is 6.08 Å². The number of unbranched alkanes of at least 4 members (excludes halogenated alkanes) is 2. The molecule has 2 heterocycles. The highest BCUT2D eigenvalue weighted by Gasteiger charge is 2.59. The molecule has 7 heteroatoms. The molecule has 0 atom stereocenters. The van der Waals surface area contributed by atoms with Crippen LogP contribution in [0.4, 0.5) is 0 Å². The second kappa shape index (κ2) is 6.74. The number of rotatable bonds is 5. The molecular weight excluding hydrogens is 316 g/mol. The summed E-state index contributed by atoms with van der Waals surface area (Å²) in [5.41, 5.74) is -1.69. The minimum atomic E-state index is -0.512. The van der Waals surface area contributed by atoms with E-state index >= 15 is 0 Å². The molecule has 2 fully saturated rings. The standard InChI is InChI=1S/C18H31B2NO4/c1-15(2)16(3,4)23-19(22-15)14(12-10-9-11-13-21)20-24-17(5,6)18(7,8)25-20/h12H,9-11H2,1-8H3. The molecule has 0 saturated carbocycles. The van der Waals surface area contributed by atoms with E-state index in [1.165, 1.54) is 0 Å². The summed E-state index contributed by atoms with van der Waals surface area (Å²) in [6, 6.07) is 2.18. The van der Waals surface area contributed by atoms with Gasteiger partial charge in [-0.05, 0) is 73.6 Å². The van der Waals surface area contributed by atoms with Gasteiger partial charge in [0.15, 0.2) is 0 Å². The quantitative estimate of drug-likeness (QED) is 0.558. The molecule has 2 aliphatic heterocycles. The van der Waals surface area contributed by atoms with Crippen molar-refractivity contribution in [3.8, 4) is 6.07 Å². The molecule has 0 amide bonds. The smallest absolute Gasteiger partial charge is 0.400 e. The summed E-state index contributed by atoms with van der Waals surface area (Å²) in [7, 11) is -1.02. The molecule has 2 saturated heterocycles. The average molecular weight is 347 g/mol. The molecule has 0 radical (unpaired) electrons. The molecule has 2 rings (SSSR count). The van der Waals surface area contributed by atoms with E-state index in [0.29, 0.717) is 6.42 Å². The lowest BCUT2D eigenvalue weighted by Crippen LogP contribution is -2.41. The zero-order chi connectivity index (χ0) is 19.1. The Kier molecular flexibility index (Phi) is 5.53. The summed E-state index contributed by atoms with van der Waals surface area (Å²) in [6.07, 6.45) is 4.13. The van der Waals surface area contributed by atoms with E-state index in [4.69, 9.17) is 23.9 Å². The van der Waals surface area contributed by atoms with E-state index in [2.05, 4.69) is 12.1 Å². The topological polar surface area (TPSA) is 60.7 Å². The maximum Gasteiger partial charge on any atom is 0.486 e. The largest absolute Gasteiger partial charge is 0.486 e. The summed E-state index contributed by atoms with van der Waals surface area (Å²) in [5, 5.41) is 9.62. The molecule has 0 unspecified atom stereocenters. The van der Waals surface area contributed by atoms with Gasteiger partial charge in [0.05, 0.1) is 28.5 Å². The molecule has 2 aliphatic rings. The van der Waals surface area contributed by atoms with Gasteiger partial charge < -0.3 is 18.6 Å². The summed E-state index contributed by atoms with van der Waals surface area (Å²) < 4.78 is 24.9. The monoisotopic (exact) mass is 347 g/mol. The van der Waals surface area contributed by atoms with Crippen molar-refractivity contribution in [2.75, 3.05) is 0 Å². The van der Waals surface area contributed by atoms with Crippen LogP contribution >= 0.6 is 0 Å². The third-order valence-corrected chi connectivity index (χ3v) is 5.92. The Balaban J connectivity index is 2.26. The molecule has 0 bridgehead atoms. The van der Waals surface area contributed by atoms with Gasteiger partial charge in [0.2, 0.25) is 0 Å². The number of nitriles is 1. The average Bonchev–Trinajstić information content (AvgIpc) is 2.78. The summed E-state index contributed by atoms with van der Waals surface area (Å²) in [4.78, 5) is 0. The second-order valence-electron chi connectivity index (χ2n) is 8.93. The van der Waals surface area contributed by atoms with Gasteiger partial charge in [-0.15, -0.1) is 0 Å². The van der Waals surface area contributed by atoms with Crippen molar-refractivity contribution in [3.63, 3.8) is 0 Å². The van der Waals surface area contributed by atoms with Crippen molar-refractivity contribution < 1.29 is 18.6 Å². The number of hydrogen-bond donors (Lipinski definition) is 0. The molecule has 138 valence electrons. The summed E-state index contributed by atoms with van der Waals surface area (Å²) in [5.74, 6) is 0. The highest BCUT2D eigenvalue weighted by atomic mass is 16.7. The van der Waals surface area contributed by atoms with Gasteiger partial charge in [0.1, 0.15) is 0 Å². The van der Waals surface area contributed by atoms with Crippen molar-refractivity contribution >= 4 is 14.2 Å². The van der Waals surface area contributed by atoms with E-state index < -0.39 is 36.6 Å². The van der Waals surface area contributed by atoms with E-state index in [1.807, 2.05) is 55.4 Å². The first-order valence-electron chi connectivity index (χ1n) is 9.11. The normalized spacial score (nSPS) is 25.7. The Morgan fingerprint density at radius 3 is 1.48 bits per heavy atom. The Labute approximate surface area is 153 Å². The SMILES string of the molecule is CC1(C)OB(C(=CCCCC#N)B2OC(C)(C)C(C)(C)O2)OC1(C)C. The third-order valence-electron chi connectivity index (χ3n) is 5.92. The van der Waals surface area contributed by atoms with E-state index in [0.717, 1.165) is 18.2 Å². The fourth-order valence-corrected chi connectivity index (χ4v) is 2.71. The minimum absolute atomic E-state index is 0.424. The van der Waals surface area contributed by atoms with Crippen LogP contribution in [0, 0.1) is 11.3 Å². The van der Waals surface area contributed by atoms with Crippen molar-refractivity contribution in [3.05, 3.63) is 11.4 Å². The van der Waals surface area contributed by atoms with Crippen LogP contribution in [0.3, 0.4) is 0 Å². The van der Waals surface area contributed by atoms with Crippen LogP contribution in [-0.4, -0.2) is 36.6 Å². The Bertz CT molecular complexity index is 508. The highest BCUT2D eigenvalue weighted by Crippen LogP contribution is 2.43. The van der Waals surface area contributed by atoms with Crippen LogP contribution < -0.4 is 0 Å². The molecule has 25 heavy (non-hydrogen) atoms. The Hall–Kier alpha value is -0.800. The molecule has 0 N–H and O–H groups in total. The molecule has 0 aromatic carbocycles. The van der Waals surface area contributed by atoms with Gasteiger partial charge in [0.25, 0.3) is 0 Å². The van der Waals surface area contributed by atoms with E-state index in [1.54, 1.807) is 0 Å². The van der Waals surface area contributed by atoms with Gasteiger partial charge in [-0.25, -0.2) is 0 Å². The fourth-order valence-electron chi connectivity index (χ4n) is 2.71. The third kappa shape index (κ3) is 3.98. The molecule has 0 aromatic rings. The first kappa shape index (κ1) is 20.5. The molecule has 0 aromatic heterocycles. The maximum atomic E-state index is 8.76. The van der Waals surface area contributed by atoms with Crippen LogP contribution in [-0.2, 0) is 18.6 Å². The summed E-state index contributed by atoms with van der Waals surface area (Å²) >= 11 is 0. The van der Waals surface area contributed by atoms with Crippen LogP contribution in [0.1, 0.15) is 74.7 Å². The van der Waals surface area contributed by atoms with Crippen LogP contribution in [0.25, 0.3) is 0 Å². The van der Waals surface area contributed by atoms with E-state index in [9.17, 15) is 0 Å². The predicted molar refractivity (Wildman–Crippen MR) is 99.7 cm³/mol. The van der Waals surface area contributed by atoms with Crippen molar-refractivity contribution in [2.24, 2.45) is 0 Å². The zero-order valence-corrected chi connectivity index (χ0v) is 16.9. The predicted octanol–water partition coefficient (Wildman–Crippen LogP) is 3.87. The lowest BCUT2D eigenvalue weighted by Gasteiger charge is -2.32. The lowest BCUT2D eigenvalue weighted by atomic mass is 9.57.